The number of rotatable bonds is 3. The molecule has 1 heterocycles. The lowest BCUT2D eigenvalue weighted by atomic mass is 9.86. The molecule has 0 aromatic heterocycles. The summed E-state index contributed by atoms with van der Waals surface area (Å²) in [5.41, 5.74) is 0. The van der Waals surface area contributed by atoms with Gasteiger partial charge in [-0.2, -0.15) is 0 Å². The van der Waals surface area contributed by atoms with Gasteiger partial charge in [-0.05, 0) is 25.7 Å². The van der Waals surface area contributed by atoms with E-state index in [1.807, 2.05) is 0 Å². The molecule has 1 atom stereocenters. The van der Waals surface area contributed by atoms with Gasteiger partial charge < -0.3 is 14.8 Å². The minimum absolute atomic E-state index is 0.200. The highest BCUT2D eigenvalue weighted by Crippen LogP contribution is 2.26. The lowest BCUT2D eigenvalue weighted by Crippen LogP contribution is -2.50. The molecular formula is C13H18NO4-. The highest BCUT2D eigenvalue weighted by molar-refractivity contribution is 6.37. The van der Waals surface area contributed by atoms with E-state index in [9.17, 15) is 19.5 Å². The van der Waals surface area contributed by atoms with E-state index >= 15 is 0 Å². The Bertz CT molecular complexity index is 360. The van der Waals surface area contributed by atoms with E-state index in [-0.39, 0.29) is 5.92 Å². The summed E-state index contributed by atoms with van der Waals surface area (Å²) in [6, 6.07) is -0.912. The molecule has 1 aliphatic heterocycles. The maximum Gasteiger partial charge on any atom is 0.290 e. The molecule has 5 heteroatoms. The number of likely N-dealkylation sites (tertiary alicyclic amines) is 1. The van der Waals surface area contributed by atoms with Crippen molar-refractivity contribution in [2.75, 3.05) is 6.54 Å². The number of carboxylic acids is 1. The largest absolute Gasteiger partial charge is 0.548 e. The molecule has 1 aliphatic carbocycles. The maximum atomic E-state index is 12.0. The number of hydrogen-bond acceptors (Lipinski definition) is 4. The predicted molar refractivity (Wildman–Crippen MR) is 61.3 cm³/mol. The van der Waals surface area contributed by atoms with Gasteiger partial charge in [-0.3, -0.25) is 9.59 Å². The molecule has 0 N–H and O–H groups in total. The van der Waals surface area contributed by atoms with Gasteiger partial charge in [0.05, 0.1) is 12.0 Å². The molecule has 1 saturated heterocycles. The van der Waals surface area contributed by atoms with Crippen LogP contribution in [0.15, 0.2) is 0 Å². The second-order valence-corrected chi connectivity index (χ2v) is 5.17. The van der Waals surface area contributed by atoms with Crippen molar-refractivity contribution >= 4 is 17.7 Å². The zero-order chi connectivity index (χ0) is 13.1. The lowest BCUT2D eigenvalue weighted by molar-refractivity contribution is -0.310. The molecule has 18 heavy (non-hydrogen) atoms. The van der Waals surface area contributed by atoms with Crippen molar-refractivity contribution in [3.8, 4) is 0 Å². The van der Waals surface area contributed by atoms with Gasteiger partial charge in [-0.1, -0.05) is 19.3 Å². The molecule has 0 bridgehead atoms. The number of carbonyl (C=O) groups is 3. The first kappa shape index (κ1) is 13.1. The van der Waals surface area contributed by atoms with Crippen LogP contribution < -0.4 is 5.11 Å². The molecule has 5 nitrogen and oxygen atoms in total. The average molecular weight is 252 g/mol. The summed E-state index contributed by atoms with van der Waals surface area (Å²) in [5.74, 6) is -2.47. The fourth-order valence-corrected chi connectivity index (χ4v) is 2.94. The quantitative estimate of drug-likeness (QED) is 0.656. The lowest BCUT2D eigenvalue weighted by Gasteiger charge is -2.27. The number of carboxylic acid groups (broad SMARTS) is 1. The molecule has 1 unspecified atom stereocenters. The molecule has 0 aromatic carbocycles. The van der Waals surface area contributed by atoms with Gasteiger partial charge in [0.2, 0.25) is 5.78 Å². The van der Waals surface area contributed by atoms with E-state index in [0.29, 0.717) is 19.4 Å². The van der Waals surface area contributed by atoms with Crippen LogP contribution in [0.4, 0.5) is 0 Å². The number of amides is 1. The summed E-state index contributed by atoms with van der Waals surface area (Å²) >= 11 is 0. The minimum Gasteiger partial charge on any atom is -0.548 e. The zero-order valence-corrected chi connectivity index (χ0v) is 10.4. The number of Topliss-reactive ketones (excluding diaryl/α,β-unsaturated/α-hetero) is 1. The van der Waals surface area contributed by atoms with Crippen molar-refractivity contribution < 1.29 is 19.5 Å². The van der Waals surface area contributed by atoms with Gasteiger partial charge in [0, 0.05) is 12.5 Å². The van der Waals surface area contributed by atoms with Gasteiger partial charge in [0.15, 0.2) is 0 Å². The second kappa shape index (κ2) is 5.50. The number of aliphatic carboxylic acids is 1. The Morgan fingerprint density at radius 3 is 2.22 bits per heavy atom. The third-order valence-electron chi connectivity index (χ3n) is 3.97. The highest BCUT2D eigenvalue weighted by Gasteiger charge is 2.36. The zero-order valence-electron chi connectivity index (χ0n) is 10.4. The van der Waals surface area contributed by atoms with E-state index in [2.05, 4.69) is 0 Å². The Balaban J connectivity index is 2.01. The van der Waals surface area contributed by atoms with E-state index < -0.39 is 23.7 Å². The van der Waals surface area contributed by atoms with E-state index in [0.717, 1.165) is 32.1 Å². The molecule has 0 radical (unpaired) electrons. The number of hydrogen-bond donors (Lipinski definition) is 0. The molecule has 0 aromatic rings. The third kappa shape index (κ3) is 2.54. The normalized spacial score (nSPS) is 25.1. The standard InChI is InChI=1S/C13H19NO4/c15-11(9-5-2-1-3-6-9)12(16)14-8-4-7-10(14)13(17)18/h9-10H,1-8H2,(H,17,18)/p-1. The minimum atomic E-state index is -1.25. The van der Waals surface area contributed by atoms with Gasteiger partial charge >= 0.3 is 0 Å². The molecule has 2 aliphatic rings. The first-order valence-electron chi connectivity index (χ1n) is 6.67. The topological polar surface area (TPSA) is 77.5 Å². The summed E-state index contributed by atoms with van der Waals surface area (Å²) in [6.45, 7) is 0.357. The summed E-state index contributed by atoms with van der Waals surface area (Å²) in [5, 5.41) is 10.9. The predicted octanol–water partition coefficient (Wildman–Crippen LogP) is -0.123. The Kier molecular flexibility index (Phi) is 3.99. The molecule has 0 spiro atoms. The van der Waals surface area contributed by atoms with Crippen LogP contribution >= 0.6 is 0 Å². The molecule has 100 valence electrons. The average Bonchev–Trinajstić information content (AvgIpc) is 2.87. The Morgan fingerprint density at radius 2 is 1.61 bits per heavy atom. The number of ketones is 1. The van der Waals surface area contributed by atoms with Crippen molar-refractivity contribution in [2.45, 2.75) is 51.0 Å². The first-order valence-corrected chi connectivity index (χ1v) is 6.67. The summed E-state index contributed by atoms with van der Waals surface area (Å²) in [6.07, 6.45) is 5.61. The molecule has 2 fully saturated rings. The third-order valence-corrected chi connectivity index (χ3v) is 3.97. The van der Waals surface area contributed by atoms with Crippen molar-refractivity contribution in [3.63, 3.8) is 0 Å². The molecule has 1 amide bonds. The van der Waals surface area contributed by atoms with Crippen LogP contribution in [-0.4, -0.2) is 35.1 Å². The van der Waals surface area contributed by atoms with Crippen LogP contribution in [0.5, 0.6) is 0 Å². The Hall–Kier alpha value is -1.39. The molecule has 1 saturated carbocycles. The summed E-state index contributed by atoms with van der Waals surface area (Å²) in [7, 11) is 0. The first-order chi connectivity index (χ1) is 8.61. The van der Waals surface area contributed by atoms with Crippen LogP contribution in [0.1, 0.15) is 44.9 Å². The smallest absolute Gasteiger partial charge is 0.290 e. The fourth-order valence-electron chi connectivity index (χ4n) is 2.94. The number of nitrogens with zero attached hydrogens (tertiary/aromatic N) is 1. The van der Waals surface area contributed by atoms with Gasteiger partial charge in [0.25, 0.3) is 5.91 Å². The Labute approximate surface area is 106 Å². The van der Waals surface area contributed by atoms with Gasteiger partial charge in [-0.15, -0.1) is 0 Å². The van der Waals surface area contributed by atoms with E-state index in [1.54, 1.807) is 0 Å². The maximum absolute atomic E-state index is 12.0. The van der Waals surface area contributed by atoms with Crippen molar-refractivity contribution in [1.29, 1.82) is 0 Å². The van der Waals surface area contributed by atoms with E-state index in [1.165, 1.54) is 4.90 Å². The fraction of sp³-hybridized carbons (Fsp3) is 0.769. The van der Waals surface area contributed by atoms with Crippen LogP contribution in [-0.2, 0) is 14.4 Å². The monoisotopic (exact) mass is 252 g/mol. The van der Waals surface area contributed by atoms with Gasteiger partial charge in [-0.25, -0.2) is 0 Å². The van der Waals surface area contributed by atoms with Crippen LogP contribution in [0.3, 0.4) is 0 Å². The summed E-state index contributed by atoms with van der Waals surface area (Å²) in [4.78, 5) is 36.2. The van der Waals surface area contributed by atoms with Crippen LogP contribution in [0, 0.1) is 5.92 Å². The van der Waals surface area contributed by atoms with E-state index in [4.69, 9.17) is 0 Å². The SMILES string of the molecule is O=C(C(=O)N1CCCC1C(=O)[O-])C1CCCCC1. The highest BCUT2D eigenvalue weighted by atomic mass is 16.4. The van der Waals surface area contributed by atoms with Crippen LogP contribution in [0.2, 0.25) is 0 Å². The van der Waals surface area contributed by atoms with Crippen molar-refractivity contribution in [1.82, 2.24) is 4.90 Å². The van der Waals surface area contributed by atoms with Gasteiger partial charge in [0.1, 0.15) is 0 Å². The molecule has 2 rings (SSSR count). The van der Waals surface area contributed by atoms with Crippen molar-refractivity contribution in [3.05, 3.63) is 0 Å². The second-order valence-electron chi connectivity index (χ2n) is 5.17. The van der Waals surface area contributed by atoms with Crippen LogP contribution in [0.25, 0.3) is 0 Å². The Morgan fingerprint density at radius 1 is 0.944 bits per heavy atom. The number of carbonyl (C=O) groups excluding carboxylic acids is 3. The summed E-state index contributed by atoms with van der Waals surface area (Å²) < 4.78 is 0. The van der Waals surface area contributed by atoms with Crippen molar-refractivity contribution in [2.24, 2.45) is 5.92 Å². The molecular weight excluding hydrogens is 234 g/mol.